The molecule has 1 aromatic carbocycles. The maximum Gasteiger partial charge on any atom is 0.225 e. The maximum atomic E-state index is 11.6. The van der Waals surface area contributed by atoms with Crippen molar-refractivity contribution < 1.29 is 9.53 Å². The molecule has 0 fully saturated rings. The van der Waals surface area contributed by atoms with Crippen LogP contribution < -0.4 is 15.8 Å². The number of anilines is 1. The van der Waals surface area contributed by atoms with E-state index in [1.807, 2.05) is 19.1 Å². The van der Waals surface area contributed by atoms with Crippen LogP contribution in [-0.4, -0.2) is 19.6 Å². The second kappa shape index (κ2) is 4.75. The molecule has 2 rings (SSSR count). The molecule has 0 aliphatic carbocycles. The van der Waals surface area contributed by atoms with Crippen molar-refractivity contribution in [3.8, 4) is 5.75 Å². The molecule has 1 aliphatic rings. The Morgan fingerprint density at radius 1 is 1.53 bits per heavy atom. The number of hydrogen-bond donors (Lipinski definition) is 2. The van der Waals surface area contributed by atoms with E-state index in [1.54, 1.807) is 7.11 Å². The van der Waals surface area contributed by atoms with Gasteiger partial charge in [0.15, 0.2) is 0 Å². The molecule has 1 heterocycles. The molecule has 4 nitrogen and oxygen atoms in total. The molecule has 1 aromatic rings. The van der Waals surface area contributed by atoms with Gasteiger partial charge in [-0.1, -0.05) is 0 Å². The van der Waals surface area contributed by atoms with E-state index >= 15 is 0 Å². The average molecular weight is 234 g/mol. The highest BCUT2D eigenvalue weighted by Gasteiger charge is 2.26. The summed E-state index contributed by atoms with van der Waals surface area (Å²) in [6.07, 6.45) is 1.34. The van der Waals surface area contributed by atoms with Gasteiger partial charge in [-0.25, -0.2) is 0 Å². The highest BCUT2D eigenvalue weighted by molar-refractivity contribution is 5.95. The number of hydrogen-bond acceptors (Lipinski definition) is 3. The molecule has 1 atom stereocenters. The molecular weight excluding hydrogens is 216 g/mol. The fourth-order valence-corrected chi connectivity index (χ4v) is 2.37. The Labute approximate surface area is 101 Å². The summed E-state index contributed by atoms with van der Waals surface area (Å²) in [5, 5.41) is 2.93. The zero-order valence-electron chi connectivity index (χ0n) is 10.2. The highest BCUT2D eigenvalue weighted by Crippen LogP contribution is 2.38. The third kappa shape index (κ3) is 2.26. The second-order valence-corrected chi connectivity index (χ2v) is 4.44. The van der Waals surface area contributed by atoms with Crippen LogP contribution in [0.5, 0.6) is 5.75 Å². The predicted molar refractivity (Wildman–Crippen MR) is 67.4 cm³/mol. The minimum absolute atomic E-state index is 0.0733. The monoisotopic (exact) mass is 234 g/mol. The fourth-order valence-electron chi connectivity index (χ4n) is 2.37. The molecule has 17 heavy (non-hydrogen) atoms. The van der Waals surface area contributed by atoms with Crippen LogP contribution in [-0.2, 0) is 4.79 Å². The van der Waals surface area contributed by atoms with Gasteiger partial charge in [-0.15, -0.1) is 0 Å². The minimum Gasteiger partial charge on any atom is -0.497 e. The molecule has 1 amide bonds. The molecule has 0 aromatic heterocycles. The number of carbonyl (C=O) groups is 1. The highest BCUT2D eigenvalue weighted by atomic mass is 16.5. The van der Waals surface area contributed by atoms with Crippen LogP contribution in [0.15, 0.2) is 12.1 Å². The molecule has 0 saturated carbocycles. The molecule has 0 spiro atoms. The molecule has 0 bridgehead atoms. The lowest BCUT2D eigenvalue weighted by Gasteiger charge is -2.27. The van der Waals surface area contributed by atoms with E-state index in [0.717, 1.165) is 29.0 Å². The number of nitrogens with one attached hydrogen (secondary N) is 1. The lowest BCUT2D eigenvalue weighted by molar-refractivity contribution is -0.116. The van der Waals surface area contributed by atoms with Gasteiger partial charge in [0, 0.05) is 12.1 Å². The first-order valence-corrected chi connectivity index (χ1v) is 5.84. The Morgan fingerprint density at radius 2 is 2.29 bits per heavy atom. The Bertz CT molecular complexity index is 443. The molecule has 3 N–H and O–H groups in total. The van der Waals surface area contributed by atoms with E-state index in [2.05, 4.69) is 5.32 Å². The van der Waals surface area contributed by atoms with Crippen molar-refractivity contribution in [2.45, 2.75) is 25.7 Å². The van der Waals surface area contributed by atoms with Crippen molar-refractivity contribution in [3.05, 3.63) is 23.3 Å². The van der Waals surface area contributed by atoms with E-state index in [4.69, 9.17) is 10.5 Å². The van der Waals surface area contributed by atoms with Crippen LogP contribution in [0.1, 0.15) is 29.9 Å². The van der Waals surface area contributed by atoms with Crippen LogP contribution in [0.2, 0.25) is 0 Å². The van der Waals surface area contributed by atoms with E-state index < -0.39 is 0 Å². The first-order chi connectivity index (χ1) is 8.15. The van der Waals surface area contributed by atoms with E-state index in [1.165, 1.54) is 0 Å². The number of ether oxygens (including phenoxy) is 1. The van der Waals surface area contributed by atoms with Gasteiger partial charge in [0.25, 0.3) is 0 Å². The molecule has 0 radical (unpaired) electrons. The van der Waals surface area contributed by atoms with E-state index in [9.17, 15) is 4.79 Å². The summed E-state index contributed by atoms with van der Waals surface area (Å²) in [5.74, 6) is 1.11. The van der Waals surface area contributed by atoms with Gasteiger partial charge in [-0.3, -0.25) is 4.79 Å². The molecule has 1 aliphatic heterocycles. The van der Waals surface area contributed by atoms with Crippen LogP contribution >= 0.6 is 0 Å². The van der Waals surface area contributed by atoms with Gasteiger partial charge >= 0.3 is 0 Å². The molecule has 0 saturated heterocycles. The molecular formula is C13H18N2O2. The lowest BCUT2D eigenvalue weighted by Crippen LogP contribution is -2.25. The number of nitrogens with two attached hydrogens (primary N) is 1. The van der Waals surface area contributed by atoms with Crippen LogP contribution in [0.25, 0.3) is 0 Å². The quantitative estimate of drug-likeness (QED) is 0.837. The van der Waals surface area contributed by atoms with Crippen LogP contribution in [0.3, 0.4) is 0 Å². The summed E-state index contributed by atoms with van der Waals surface area (Å²) in [6, 6.07) is 3.94. The number of benzene rings is 1. The van der Waals surface area contributed by atoms with Gasteiger partial charge < -0.3 is 15.8 Å². The number of rotatable bonds is 3. The largest absolute Gasteiger partial charge is 0.497 e. The number of amides is 1. The van der Waals surface area contributed by atoms with Gasteiger partial charge in [0.1, 0.15) is 5.75 Å². The van der Waals surface area contributed by atoms with Crippen molar-refractivity contribution in [2.75, 3.05) is 19.0 Å². The van der Waals surface area contributed by atoms with Crippen LogP contribution in [0.4, 0.5) is 5.69 Å². The molecule has 1 unspecified atom stereocenters. The summed E-state index contributed by atoms with van der Waals surface area (Å²) < 4.78 is 5.27. The lowest BCUT2D eigenvalue weighted by atomic mass is 9.86. The number of methoxy groups -OCH3 is 1. The second-order valence-electron chi connectivity index (χ2n) is 4.44. The van der Waals surface area contributed by atoms with Gasteiger partial charge in [-0.05, 0) is 49.1 Å². The van der Waals surface area contributed by atoms with E-state index in [-0.39, 0.29) is 11.8 Å². The predicted octanol–water partition coefficient (Wildman–Crippen LogP) is 1.78. The van der Waals surface area contributed by atoms with E-state index in [0.29, 0.717) is 13.0 Å². The Balaban J connectivity index is 2.47. The van der Waals surface area contributed by atoms with Crippen molar-refractivity contribution in [3.63, 3.8) is 0 Å². The summed E-state index contributed by atoms with van der Waals surface area (Å²) in [6.45, 7) is 2.57. The normalized spacial score (nSPS) is 18.5. The summed E-state index contributed by atoms with van der Waals surface area (Å²) >= 11 is 0. The van der Waals surface area contributed by atoms with Gasteiger partial charge in [-0.2, -0.15) is 0 Å². The Hall–Kier alpha value is -1.55. The van der Waals surface area contributed by atoms with Crippen molar-refractivity contribution in [2.24, 2.45) is 5.73 Å². The van der Waals surface area contributed by atoms with Crippen molar-refractivity contribution in [1.82, 2.24) is 0 Å². The number of aryl methyl sites for hydroxylation is 1. The summed E-state index contributed by atoms with van der Waals surface area (Å²) in [4.78, 5) is 11.6. The summed E-state index contributed by atoms with van der Waals surface area (Å²) in [5.41, 5.74) is 8.72. The zero-order valence-corrected chi connectivity index (χ0v) is 10.2. The standard InChI is InChI=1S/C13H18N2O2/c1-8-5-10(17-2)7-11-9(3-4-14)6-12(16)15-13(8)11/h5,7,9H,3-4,6,14H2,1-2H3,(H,15,16). The Kier molecular flexibility index (Phi) is 3.33. The average Bonchev–Trinajstić information content (AvgIpc) is 2.30. The third-order valence-corrected chi connectivity index (χ3v) is 3.23. The fraction of sp³-hybridized carbons (Fsp3) is 0.462. The Morgan fingerprint density at radius 3 is 2.94 bits per heavy atom. The van der Waals surface area contributed by atoms with Gasteiger partial charge in [0.2, 0.25) is 5.91 Å². The third-order valence-electron chi connectivity index (χ3n) is 3.23. The SMILES string of the molecule is COc1cc(C)c2c(c1)C(CCN)CC(=O)N2. The number of fused-ring (bicyclic) bond motifs is 1. The molecule has 4 heteroatoms. The number of carbonyl (C=O) groups excluding carboxylic acids is 1. The minimum atomic E-state index is 0.0733. The zero-order chi connectivity index (χ0) is 12.4. The first kappa shape index (κ1) is 11.9. The first-order valence-electron chi connectivity index (χ1n) is 5.84. The summed E-state index contributed by atoms with van der Waals surface area (Å²) in [7, 11) is 1.65. The van der Waals surface area contributed by atoms with Crippen LogP contribution in [0, 0.1) is 6.92 Å². The smallest absolute Gasteiger partial charge is 0.225 e. The van der Waals surface area contributed by atoms with Crippen molar-refractivity contribution >= 4 is 11.6 Å². The maximum absolute atomic E-state index is 11.6. The topological polar surface area (TPSA) is 64.3 Å². The van der Waals surface area contributed by atoms with Gasteiger partial charge in [0.05, 0.1) is 7.11 Å². The van der Waals surface area contributed by atoms with Crippen molar-refractivity contribution in [1.29, 1.82) is 0 Å². The molecule has 92 valence electrons.